The monoisotopic (exact) mass is 238 g/mol. The molecule has 5 nitrogen and oxygen atoms in total. The summed E-state index contributed by atoms with van der Waals surface area (Å²) in [4.78, 5) is 10.6. The Morgan fingerprint density at radius 2 is 2.29 bits per heavy atom. The van der Waals surface area contributed by atoms with Gasteiger partial charge < -0.3 is 14.9 Å². The van der Waals surface area contributed by atoms with Crippen molar-refractivity contribution in [2.24, 2.45) is 5.92 Å². The Bertz CT molecular complexity index is 370. The first-order chi connectivity index (χ1) is 8.25. The van der Waals surface area contributed by atoms with Gasteiger partial charge in [-0.2, -0.15) is 0 Å². The highest BCUT2D eigenvalue weighted by atomic mass is 16.5. The summed E-state index contributed by atoms with van der Waals surface area (Å²) in [5.41, 5.74) is -0.0300. The number of carboxylic acids is 1. The third-order valence-electron chi connectivity index (χ3n) is 3.28. The van der Waals surface area contributed by atoms with Crippen LogP contribution in [-0.2, 0) is 6.54 Å². The highest BCUT2D eigenvalue weighted by molar-refractivity contribution is 5.85. The number of nitrogens with one attached hydrogen (secondary N) is 1. The third-order valence-corrected chi connectivity index (χ3v) is 3.28. The van der Waals surface area contributed by atoms with Crippen molar-refractivity contribution < 1.29 is 14.4 Å². The van der Waals surface area contributed by atoms with E-state index < -0.39 is 5.97 Å². The van der Waals surface area contributed by atoms with Gasteiger partial charge in [-0.05, 0) is 18.9 Å². The van der Waals surface area contributed by atoms with Crippen molar-refractivity contribution in [3.05, 3.63) is 17.5 Å². The SMILES string of the molecule is O=C(O)c1cc(CNCCC2CCCC2)on1. The molecule has 94 valence electrons. The standard InChI is InChI=1S/C12H18N2O3/c15-12(16)11-7-10(17-14-11)8-13-6-5-9-3-1-2-4-9/h7,9,13H,1-6,8H2,(H,15,16). The quantitative estimate of drug-likeness (QED) is 0.742. The number of aromatic carboxylic acids is 1. The van der Waals surface area contributed by atoms with E-state index in [1.54, 1.807) is 0 Å². The van der Waals surface area contributed by atoms with E-state index >= 15 is 0 Å². The van der Waals surface area contributed by atoms with E-state index in [1.165, 1.54) is 38.2 Å². The predicted octanol–water partition coefficient (Wildman–Crippen LogP) is 2.04. The van der Waals surface area contributed by atoms with Crippen LogP contribution < -0.4 is 5.32 Å². The number of hydrogen-bond acceptors (Lipinski definition) is 4. The molecule has 2 rings (SSSR count). The van der Waals surface area contributed by atoms with E-state index in [0.29, 0.717) is 12.3 Å². The molecule has 1 aromatic heterocycles. The molecule has 0 unspecified atom stereocenters. The van der Waals surface area contributed by atoms with Crippen molar-refractivity contribution in [3.63, 3.8) is 0 Å². The van der Waals surface area contributed by atoms with Gasteiger partial charge in [0.2, 0.25) is 0 Å². The lowest BCUT2D eigenvalue weighted by Crippen LogP contribution is -2.16. The third kappa shape index (κ3) is 3.56. The fourth-order valence-electron chi connectivity index (χ4n) is 2.31. The van der Waals surface area contributed by atoms with Crippen molar-refractivity contribution in [1.82, 2.24) is 10.5 Å². The van der Waals surface area contributed by atoms with Crippen molar-refractivity contribution in [2.75, 3.05) is 6.54 Å². The highest BCUT2D eigenvalue weighted by Gasteiger charge is 2.14. The molecular weight excluding hydrogens is 220 g/mol. The van der Waals surface area contributed by atoms with Crippen LogP contribution in [0.5, 0.6) is 0 Å². The summed E-state index contributed by atoms with van der Waals surface area (Å²) in [7, 11) is 0. The summed E-state index contributed by atoms with van der Waals surface area (Å²) >= 11 is 0. The molecule has 1 heterocycles. The zero-order chi connectivity index (χ0) is 12.1. The van der Waals surface area contributed by atoms with E-state index in [1.807, 2.05) is 0 Å². The Balaban J connectivity index is 1.65. The number of rotatable bonds is 6. The van der Waals surface area contributed by atoms with Crippen molar-refractivity contribution in [2.45, 2.75) is 38.6 Å². The second-order valence-corrected chi connectivity index (χ2v) is 4.60. The van der Waals surface area contributed by atoms with Crippen LogP contribution in [0.4, 0.5) is 0 Å². The maximum atomic E-state index is 10.6. The largest absolute Gasteiger partial charge is 0.476 e. The molecule has 2 N–H and O–H groups in total. The summed E-state index contributed by atoms with van der Waals surface area (Å²) in [6.45, 7) is 1.50. The van der Waals surface area contributed by atoms with Gasteiger partial charge in [0.15, 0.2) is 11.5 Å². The Hall–Kier alpha value is -1.36. The molecule has 0 bridgehead atoms. The molecule has 1 saturated carbocycles. The highest BCUT2D eigenvalue weighted by Crippen LogP contribution is 2.26. The van der Waals surface area contributed by atoms with Gasteiger partial charge in [0.25, 0.3) is 0 Å². The van der Waals surface area contributed by atoms with Gasteiger partial charge >= 0.3 is 5.97 Å². The zero-order valence-electron chi connectivity index (χ0n) is 9.82. The molecule has 0 radical (unpaired) electrons. The maximum absolute atomic E-state index is 10.6. The Kier molecular flexibility index (Phi) is 4.14. The summed E-state index contributed by atoms with van der Waals surface area (Å²) in [6, 6.07) is 1.46. The first-order valence-corrected chi connectivity index (χ1v) is 6.15. The minimum atomic E-state index is -1.05. The molecule has 0 saturated heterocycles. The molecule has 0 aromatic carbocycles. The van der Waals surface area contributed by atoms with E-state index in [9.17, 15) is 4.79 Å². The molecule has 0 aliphatic heterocycles. The topological polar surface area (TPSA) is 75.4 Å². The van der Waals surface area contributed by atoms with E-state index in [-0.39, 0.29) is 5.69 Å². The molecule has 17 heavy (non-hydrogen) atoms. The van der Waals surface area contributed by atoms with E-state index in [0.717, 1.165) is 12.5 Å². The lowest BCUT2D eigenvalue weighted by atomic mass is 10.0. The molecule has 1 aliphatic carbocycles. The first kappa shape index (κ1) is 12.1. The molecule has 0 spiro atoms. The van der Waals surface area contributed by atoms with E-state index in [4.69, 9.17) is 9.63 Å². The van der Waals surface area contributed by atoms with Crippen LogP contribution in [0.25, 0.3) is 0 Å². The lowest BCUT2D eigenvalue weighted by Gasteiger charge is -2.08. The second-order valence-electron chi connectivity index (χ2n) is 4.60. The normalized spacial score (nSPS) is 16.5. The fourth-order valence-corrected chi connectivity index (χ4v) is 2.31. The fraction of sp³-hybridized carbons (Fsp3) is 0.667. The van der Waals surface area contributed by atoms with E-state index in [2.05, 4.69) is 10.5 Å². The van der Waals surface area contributed by atoms with Gasteiger partial charge in [-0.3, -0.25) is 0 Å². The summed E-state index contributed by atoms with van der Waals surface area (Å²) in [5, 5.41) is 15.4. The van der Waals surface area contributed by atoms with Crippen LogP contribution in [0.1, 0.15) is 48.4 Å². The van der Waals surface area contributed by atoms with Gasteiger partial charge in [-0.1, -0.05) is 30.8 Å². The maximum Gasteiger partial charge on any atom is 0.358 e. The van der Waals surface area contributed by atoms with Crippen LogP contribution in [0, 0.1) is 5.92 Å². The molecule has 1 aromatic rings. The van der Waals surface area contributed by atoms with Crippen molar-refractivity contribution in [3.8, 4) is 0 Å². The predicted molar refractivity (Wildman–Crippen MR) is 61.7 cm³/mol. The molecule has 5 heteroatoms. The minimum Gasteiger partial charge on any atom is -0.476 e. The second kappa shape index (κ2) is 5.82. The molecule has 1 fully saturated rings. The Morgan fingerprint density at radius 3 is 2.94 bits per heavy atom. The van der Waals surface area contributed by atoms with Gasteiger partial charge in [0, 0.05) is 6.07 Å². The number of nitrogens with zero attached hydrogens (tertiary/aromatic N) is 1. The summed E-state index contributed by atoms with van der Waals surface area (Å²) in [6.07, 6.45) is 6.64. The first-order valence-electron chi connectivity index (χ1n) is 6.15. The van der Waals surface area contributed by atoms with Crippen LogP contribution >= 0.6 is 0 Å². The molecule has 0 atom stereocenters. The van der Waals surface area contributed by atoms with Gasteiger partial charge in [0.1, 0.15) is 0 Å². The lowest BCUT2D eigenvalue weighted by molar-refractivity contribution is 0.0685. The van der Waals surface area contributed by atoms with Gasteiger partial charge in [-0.25, -0.2) is 4.79 Å². The summed E-state index contributed by atoms with van der Waals surface area (Å²) < 4.78 is 4.90. The molecule has 0 amide bonds. The molecule has 1 aliphatic rings. The minimum absolute atomic E-state index is 0.0300. The van der Waals surface area contributed by atoms with Gasteiger partial charge in [-0.15, -0.1) is 0 Å². The number of aromatic nitrogens is 1. The smallest absolute Gasteiger partial charge is 0.358 e. The van der Waals surface area contributed by atoms with Crippen LogP contribution in [-0.4, -0.2) is 22.8 Å². The molecular formula is C12H18N2O3. The average molecular weight is 238 g/mol. The Labute approximate surface area is 100 Å². The summed E-state index contributed by atoms with van der Waals surface area (Å²) in [5.74, 6) is 0.395. The van der Waals surface area contributed by atoms with Crippen molar-refractivity contribution in [1.29, 1.82) is 0 Å². The van der Waals surface area contributed by atoms with Crippen LogP contribution in [0.15, 0.2) is 10.6 Å². The number of hydrogen-bond donors (Lipinski definition) is 2. The Morgan fingerprint density at radius 1 is 1.53 bits per heavy atom. The number of carboxylic acid groups (broad SMARTS) is 1. The van der Waals surface area contributed by atoms with Gasteiger partial charge in [0.05, 0.1) is 6.54 Å². The average Bonchev–Trinajstić information content (AvgIpc) is 2.96. The van der Waals surface area contributed by atoms with Crippen LogP contribution in [0.2, 0.25) is 0 Å². The zero-order valence-corrected chi connectivity index (χ0v) is 9.82. The van der Waals surface area contributed by atoms with Crippen LogP contribution in [0.3, 0.4) is 0 Å². The number of carbonyl (C=O) groups is 1. The van der Waals surface area contributed by atoms with Crippen molar-refractivity contribution >= 4 is 5.97 Å².